The average Bonchev–Trinajstić information content (AvgIpc) is 3.13. The fourth-order valence-electron chi connectivity index (χ4n) is 2.91. The lowest BCUT2D eigenvalue weighted by molar-refractivity contribution is -0.119. The van der Waals surface area contributed by atoms with Crippen molar-refractivity contribution in [3.8, 4) is 0 Å². The van der Waals surface area contributed by atoms with E-state index in [1.54, 1.807) is 37.1 Å². The van der Waals surface area contributed by atoms with Crippen LogP contribution in [0.2, 0.25) is 0 Å². The molecule has 0 atom stereocenters. The van der Waals surface area contributed by atoms with E-state index in [1.165, 1.54) is 10.6 Å². The predicted molar refractivity (Wildman–Crippen MR) is 116 cm³/mol. The number of carbonyl (C=O) groups excluding carboxylic acids is 2. The molecule has 3 rings (SSSR count). The molecular weight excluding hydrogens is 402 g/mol. The highest BCUT2D eigenvalue weighted by Crippen LogP contribution is 2.28. The van der Waals surface area contributed by atoms with Crippen molar-refractivity contribution in [2.75, 3.05) is 11.5 Å². The first-order valence-corrected chi connectivity index (χ1v) is 10.5. The van der Waals surface area contributed by atoms with Gasteiger partial charge in [0.15, 0.2) is 5.13 Å². The maximum Gasteiger partial charge on any atom is 0.350 e. The van der Waals surface area contributed by atoms with Gasteiger partial charge in [-0.15, -0.1) is 0 Å². The Morgan fingerprint density at radius 3 is 2.57 bits per heavy atom. The van der Waals surface area contributed by atoms with E-state index in [4.69, 9.17) is 4.74 Å². The Bertz CT molecular complexity index is 1080. The second-order valence-electron chi connectivity index (χ2n) is 6.58. The molecule has 30 heavy (non-hydrogen) atoms. The number of hydrogen-bond acceptors (Lipinski definition) is 6. The van der Waals surface area contributed by atoms with Gasteiger partial charge in [0.05, 0.1) is 18.8 Å². The number of aromatic nitrogens is 2. The molecule has 7 nitrogen and oxygen atoms in total. The predicted octanol–water partition coefficient (Wildman–Crippen LogP) is 3.41. The molecule has 0 unspecified atom stereocenters. The SMILES string of the molecule is CCOC(=O)c1sc(N(Cc2ccccc2)C(=O)CCn2ccccc2=O)nc1C. The number of pyridine rings is 1. The molecule has 0 spiro atoms. The number of carbonyl (C=O) groups is 2. The van der Waals surface area contributed by atoms with Gasteiger partial charge in [-0.25, -0.2) is 9.78 Å². The van der Waals surface area contributed by atoms with E-state index in [0.717, 1.165) is 16.9 Å². The molecule has 0 aliphatic rings. The molecule has 0 N–H and O–H groups in total. The Balaban J connectivity index is 1.86. The summed E-state index contributed by atoms with van der Waals surface area (Å²) < 4.78 is 6.58. The monoisotopic (exact) mass is 425 g/mol. The number of benzene rings is 1. The van der Waals surface area contributed by atoms with Crippen LogP contribution in [0.15, 0.2) is 59.5 Å². The minimum absolute atomic E-state index is 0.129. The Labute approximate surface area is 178 Å². The third-order valence-corrected chi connectivity index (χ3v) is 5.59. The van der Waals surface area contributed by atoms with E-state index < -0.39 is 5.97 Å². The van der Waals surface area contributed by atoms with Crippen molar-refractivity contribution < 1.29 is 14.3 Å². The molecule has 0 bridgehead atoms. The van der Waals surface area contributed by atoms with Gasteiger partial charge < -0.3 is 9.30 Å². The summed E-state index contributed by atoms with van der Waals surface area (Å²) in [7, 11) is 0. The van der Waals surface area contributed by atoms with E-state index in [2.05, 4.69) is 4.98 Å². The average molecular weight is 426 g/mol. The maximum absolute atomic E-state index is 13.1. The third kappa shape index (κ3) is 5.21. The Hall–Kier alpha value is -3.26. The van der Waals surface area contributed by atoms with E-state index in [9.17, 15) is 14.4 Å². The van der Waals surface area contributed by atoms with Crippen LogP contribution in [0.1, 0.15) is 34.3 Å². The Morgan fingerprint density at radius 2 is 1.87 bits per heavy atom. The van der Waals surface area contributed by atoms with Crippen molar-refractivity contribution >= 4 is 28.3 Å². The lowest BCUT2D eigenvalue weighted by Crippen LogP contribution is -2.32. The van der Waals surface area contributed by atoms with Crippen molar-refractivity contribution in [3.63, 3.8) is 0 Å². The summed E-state index contributed by atoms with van der Waals surface area (Å²) in [4.78, 5) is 43.6. The first-order valence-electron chi connectivity index (χ1n) is 9.64. The van der Waals surface area contributed by atoms with E-state index >= 15 is 0 Å². The summed E-state index contributed by atoms with van der Waals surface area (Å²) >= 11 is 1.14. The molecule has 0 fully saturated rings. The lowest BCUT2D eigenvalue weighted by atomic mass is 10.2. The van der Waals surface area contributed by atoms with E-state index in [-0.39, 0.29) is 31.0 Å². The Morgan fingerprint density at radius 1 is 1.13 bits per heavy atom. The highest BCUT2D eigenvalue weighted by molar-refractivity contribution is 7.17. The number of anilines is 1. The summed E-state index contributed by atoms with van der Waals surface area (Å²) in [6, 6.07) is 14.4. The van der Waals surface area contributed by atoms with Crippen molar-refractivity contribution in [1.29, 1.82) is 0 Å². The van der Waals surface area contributed by atoms with Crippen molar-refractivity contribution in [3.05, 3.63) is 81.2 Å². The fourth-order valence-corrected chi connectivity index (χ4v) is 3.89. The molecule has 0 saturated carbocycles. The highest BCUT2D eigenvalue weighted by Gasteiger charge is 2.24. The first-order chi connectivity index (χ1) is 14.5. The van der Waals surface area contributed by atoms with Gasteiger partial charge in [0.25, 0.3) is 5.56 Å². The zero-order valence-corrected chi connectivity index (χ0v) is 17.7. The fraction of sp³-hybridized carbons (Fsp3) is 0.273. The standard InChI is InChI=1S/C22H23N3O4S/c1-3-29-21(28)20-16(2)23-22(30-20)25(15-17-9-5-4-6-10-17)19(27)12-14-24-13-8-7-11-18(24)26/h4-11,13H,3,12,14-15H2,1-2H3. The normalized spacial score (nSPS) is 10.6. The number of amides is 1. The van der Waals surface area contributed by atoms with Gasteiger partial charge in [0, 0.05) is 25.2 Å². The van der Waals surface area contributed by atoms with Crippen LogP contribution in [0.3, 0.4) is 0 Å². The van der Waals surface area contributed by atoms with Crippen LogP contribution in [0.5, 0.6) is 0 Å². The van der Waals surface area contributed by atoms with Gasteiger partial charge in [0.2, 0.25) is 5.91 Å². The molecule has 0 aliphatic heterocycles. The summed E-state index contributed by atoms with van der Waals surface area (Å²) in [6.07, 6.45) is 1.79. The topological polar surface area (TPSA) is 81.5 Å². The van der Waals surface area contributed by atoms with E-state index in [0.29, 0.717) is 22.2 Å². The number of esters is 1. The number of rotatable bonds is 8. The molecule has 3 aromatic rings. The maximum atomic E-state index is 13.1. The summed E-state index contributed by atoms with van der Waals surface area (Å²) in [5, 5.41) is 0.435. The number of thiazole rings is 1. The highest BCUT2D eigenvalue weighted by atomic mass is 32.1. The first kappa shape index (κ1) is 21.4. The molecule has 1 aromatic carbocycles. The lowest BCUT2D eigenvalue weighted by Gasteiger charge is -2.20. The molecule has 0 aliphatic carbocycles. The molecule has 1 amide bonds. The zero-order chi connectivity index (χ0) is 21.5. The number of nitrogens with zero attached hydrogens (tertiary/aromatic N) is 3. The van der Waals surface area contributed by atoms with Gasteiger partial charge in [-0.3, -0.25) is 14.5 Å². The Kier molecular flexibility index (Phi) is 7.13. The van der Waals surface area contributed by atoms with Gasteiger partial charge in [0.1, 0.15) is 4.88 Å². The summed E-state index contributed by atoms with van der Waals surface area (Å²) in [5.74, 6) is -0.625. The summed E-state index contributed by atoms with van der Waals surface area (Å²) in [5.41, 5.74) is 1.31. The van der Waals surface area contributed by atoms with Gasteiger partial charge in [-0.1, -0.05) is 47.7 Å². The molecule has 0 radical (unpaired) electrons. The molecule has 2 aromatic heterocycles. The molecular formula is C22H23N3O4S. The largest absolute Gasteiger partial charge is 0.462 e. The van der Waals surface area contributed by atoms with Crippen molar-refractivity contribution in [1.82, 2.24) is 9.55 Å². The van der Waals surface area contributed by atoms with Crippen LogP contribution in [-0.2, 0) is 22.6 Å². The van der Waals surface area contributed by atoms with Crippen molar-refractivity contribution in [2.24, 2.45) is 0 Å². The van der Waals surface area contributed by atoms with Crippen molar-refractivity contribution in [2.45, 2.75) is 33.4 Å². The molecule has 156 valence electrons. The van der Waals surface area contributed by atoms with Gasteiger partial charge in [-0.05, 0) is 25.5 Å². The van der Waals surface area contributed by atoms with E-state index in [1.807, 2.05) is 30.3 Å². The van der Waals surface area contributed by atoms with Crippen LogP contribution in [0.4, 0.5) is 5.13 Å². The zero-order valence-electron chi connectivity index (χ0n) is 16.9. The van der Waals surface area contributed by atoms with Crippen LogP contribution in [0.25, 0.3) is 0 Å². The number of hydrogen-bond donors (Lipinski definition) is 0. The number of ether oxygens (including phenoxy) is 1. The van der Waals surface area contributed by atoms with Crippen LogP contribution in [-0.4, -0.2) is 28.0 Å². The molecule has 8 heteroatoms. The van der Waals surface area contributed by atoms with Crippen LogP contribution >= 0.6 is 11.3 Å². The third-order valence-electron chi connectivity index (χ3n) is 4.43. The smallest absolute Gasteiger partial charge is 0.350 e. The van der Waals surface area contributed by atoms with Crippen LogP contribution in [0, 0.1) is 6.92 Å². The van der Waals surface area contributed by atoms with Crippen LogP contribution < -0.4 is 10.5 Å². The number of aryl methyl sites for hydroxylation is 2. The second-order valence-corrected chi connectivity index (χ2v) is 7.56. The quantitative estimate of drug-likeness (QED) is 0.517. The molecule has 2 heterocycles. The van der Waals surface area contributed by atoms with Gasteiger partial charge >= 0.3 is 5.97 Å². The minimum Gasteiger partial charge on any atom is -0.462 e. The summed E-state index contributed by atoms with van der Waals surface area (Å²) in [6.45, 7) is 4.31. The minimum atomic E-state index is -0.443. The van der Waals surface area contributed by atoms with Gasteiger partial charge in [-0.2, -0.15) is 0 Å². The molecule has 0 saturated heterocycles. The second kappa shape index (κ2) is 9.98.